The second kappa shape index (κ2) is 10.5. The van der Waals surface area contributed by atoms with E-state index in [0.717, 1.165) is 88.3 Å². The zero-order valence-electron chi connectivity index (χ0n) is 27.4. The van der Waals surface area contributed by atoms with Crippen molar-refractivity contribution in [3.8, 4) is 11.3 Å². The molecule has 0 aliphatic heterocycles. The Morgan fingerprint density at radius 2 is 1.21 bits per heavy atom. The number of fused-ring (bicyclic) bond motifs is 9. The lowest BCUT2D eigenvalue weighted by molar-refractivity contribution is 0.999. The molecule has 7 aromatic heterocycles. The van der Waals surface area contributed by atoms with Crippen molar-refractivity contribution < 1.29 is 0 Å². The number of nitrogens with zero attached hydrogens (tertiary/aromatic N) is 6. The number of hydrogen-bond donors (Lipinski definition) is 0. The van der Waals surface area contributed by atoms with E-state index >= 15 is 0 Å². The summed E-state index contributed by atoms with van der Waals surface area (Å²) in [6, 6.07) is 41.2. The highest BCUT2D eigenvalue weighted by Gasteiger charge is 2.25. The lowest BCUT2D eigenvalue weighted by atomic mass is 9.95. The predicted octanol–water partition coefficient (Wildman–Crippen LogP) is 10.4. The van der Waals surface area contributed by atoms with Gasteiger partial charge in [0, 0.05) is 65.4 Å². The second-order valence-electron chi connectivity index (χ2n) is 13.1. The van der Waals surface area contributed by atoms with Gasteiger partial charge in [-0.15, -0.1) is 22.7 Å². The molecule has 0 saturated carbocycles. The lowest BCUT2D eigenvalue weighted by Gasteiger charge is -2.14. The number of para-hydroxylation sites is 2. The Kier molecular flexibility index (Phi) is 5.71. The van der Waals surface area contributed by atoms with Gasteiger partial charge in [0.1, 0.15) is 16.5 Å². The maximum absolute atomic E-state index is 5.38. The molecule has 242 valence electrons. The van der Waals surface area contributed by atoms with Crippen molar-refractivity contribution in [2.24, 2.45) is 0 Å². The monoisotopic (exact) mass is 700 g/mol. The molecule has 0 unspecified atom stereocenters. The fourth-order valence-corrected chi connectivity index (χ4v) is 10.0. The molecule has 5 aromatic carbocycles. The molecule has 6 nitrogen and oxygen atoms in total. The number of rotatable bonds is 3. The maximum atomic E-state index is 5.38. The van der Waals surface area contributed by atoms with E-state index in [0.29, 0.717) is 0 Å². The molecule has 0 fully saturated rings. The molecule has 0 saturated heterocycles. The first-order valence-electron chi connectivity index (χ1n) is 17.1. The molecule has 8 heteroatoms. The number of thiophene rings is 2. The van der Waals surface area contributed by atoms with Crippen LogP contribution in [0.25, 0.3) is 91.9 Å². The van der Waals surface area contributed by atoms with Crippen LogP contribution >= 0.6 is 22.7 Å². The highest BCUT2D eigenvalue weighted by atomic mass is 32.1. The van der Waals surface area contributed by atoms with Gasteiger partial charge in [-0.2, -0.15) is 0 Å². The molecular formula is C44H24N6S2. The van der Waals surface area contributed by atoms with Gasteiger partial charge in [-0.05, 0) is 39.9 Å². The van der Waals surface area contributed by atoms with E-state index in [4.69, 9.17) is 19.9 Å². The Bertz CT molecular complexity index is 3400. The summed E-state index contributed by atoms with van der Waals surface area (Å²) in [4.78, 5) is 20.8. The Balaban J connectivity index is 1.48. The minimum absolute atomic E-state index is 0.789. The van der Waals surface area contributed by atoms with Crippen molar-refractivity contribution in [2.45, 2.75) is 0 Å². The van der Waals surface area contributed by atoms with Gasteiger partial charge >= 0.3 is 0 Å². The molecule has 7 heterocycles. The van der Waals surface area contributed by atoms with Crippen molar-refractivity contribution >= 4 is 103 Å². The van der Waals surface area contributed by atoms with Gasteiger partial charge in [0.15, 0.2) is 11.3 Å². The third-order valence-electron chi connectivity index (χ3n) is 10.4. The Morgan fingerprint density at radius 3 is 2.06 bits per heavy atom. The summed E-state index contributed by atoms with van der Waals surface area (Å²) in [5.41, 5.74) is 11.7. The first-order valence-corrected chi connectivity index (χ1v) is 18.9. The SMILES string of the molecule is c1ccc(-c2cnc3c(n2)c2cccc4c5cccc6c7nccnc7n(/c(=C(\c7cccc8sccc78)c7cccc8ccsc78)n3c42)c56)cc1. The largest absolute Gasteiger partial charge is 0.276 e. The fraction of sp³-hybridized carbons (Fsp3) is 0. The highest BCUT2D eigenvalue weighted by molar-refractivity contribution is 7.17. The van der Waals surface area contributed by atoms with Crippen molar-refractivity contribution in [3.05, 3.63) is 161 Å². The summed E-state index contributed by atoms with van der Waals surface area (Å²) in [5, 5.41) is 11.1. The standard InChI is InChI=1S/C44H24N6S2/c1-2-8-25(9-3-1)34-24-47-43-38(48-34)33-16-6-13-30-29-12-5-15-32-37-42(46-21-20-45-37)49(39(29)32)44(50(43)40(30)33)36(28-11-7-17-35-27(28)19-23-51-35)31-14-4-10-26-18-22-52-41(26)31/h1-24H/b44-36-. The van der Waals surface area contributed by atoms with Crippen LogP contribution in [0.15, 0.2) is 145 Å². The van der Waals surface area contributed by atoms with Crippen LogP contribution in [0, 0.1) is 0 Å². The van der Waals surface area contributed by atoms with Gasteiger partial charge in [-0.3, -0.25) is 13.8 Å². The fourth-order valence-electron chi connectivity index (χ4n) is 8.28. The molecule has 52 heavy (non-hydrogen) atoms. The van der Waals surface area contributed by atoms with Crippen molar-refractivity contribution in [2.75, 3.05) is 0 Å². The normalized spacial score (nSPS) is 12.9. The van der Waals surface area contributed by atoms with Gasteiger partial charge in [-0.1, -0.05) is 97.1 Å². The van der Waals surface area contributed by atoms with Crippen molar-refractivity contribution in [1.82, 2.24) is 28.7 Å². The highest BCUT2D eigenvalue weighted by Crippen LogP contribution is 2.40. The van der Waals surface area contributed by atoms with Gasteiger partial charge in [0.2, 0.25) is 0 Å². The first kappa shape index (κ1) is 28.2. The summed E-state index contributed by atoms with van der Waals surface area (Å²) < 4.78 is 7.18. The van der Waals surface area contributed by atoms with E-state index in [9.17, 15) is 0 Å². The molecule has 12 rings (SSSR count). The van der Waals surface area contributed by atoms with Crippen LogP contribution < -0.4 is 5.48 Å². The third kappa shape index (κ3) is 3.72. The van der Waals surface area contributed by atoms with Gasteiger partial charge < -0.3 is 0 Å². The van der Waals surface area contributed by atoms with E-state index < -0.39 is 0 Å². The van der Waals surface area contributed by atoms with E-state index in [2.05, 4.69) is 117 Å². The second-order valence-corrected chi connectivity index (χ2v) is 14.9. The molecular weight excluding hydrogens is 677 g/mol. The van der Waals surface area contributed by atoms with Crippen LogP contribution in [-0.4, -0.2) is 28.7 Å². The molecule has 0 atom stereocenters. The summed E-state index contributed by atoms with van der Waals surface area (Å²) in [6.45, 7) is 0. The third-order valence-corrected chi connectivity index (χ3v) is 12.3. The number of aromatic nitrogens is 6. The minimum atomic E-state index is 0.789. The van der Waals surface area contributed by atoms with Gasteiger partial charge in [-0.25, -0.2) is 15.0 Å². The minimum Gasteiger partial charge on any atom is -0.276 e. The van der Waals surface area contributed by atoms with Crippen molar-refractivity contribution in [3.63, 3.8) is 0 Å². The number of benzene rings is 5. The van der Waals surface area contributed by atoms with Crippen LogP contribution in [0.3, 0.4) is 0 Å². The first-order chi connectivity index (χ1) is 25.8. The maximum Gasteiger partial charge on any atom is 0.165 e. The molecule has 0 aliphatic carbocycles. The van der Waals surface area contributed by atoms with E-state index in [1.807, 2.05) is 24.4 Å². The molecule has 0 amide bonds. The van der Waals surface area contributed by atoms with E-state index in [1.54, 1.807) is 35.1 Å². The molecule has 12 aromatic rings. The van der Waals surface area contributed by atoms with Crippen LogP contribution in [0.4, 0.5) is 0 Å². The smallest absolute Gasteiger partial charge is 0.165 e. The summed E-state index contributed by atoms with van der Waals surface area (Å²) in [7, 11) is 0. The quantitative estimate of drug-likeness (QED) is 0.184. The van der Waals surface area contributed by atoms with Crippen LogP contribution in [0.2, 0.25) is 0 Å². The summed E-state index contributed by atoms with van der Waals surface area (Å²) >= 11 is 3.54. The zero-order chi connectivity index (χ0) is 33.9. The molecule has 0 spiro atoms. The topological polar surface area (TPSA) is 60.4 Å². The Labute approximate surface area is 303 Å². The molecule has 0 radical (unpaired) electrons. The van der Waals surface area contributed by atoms with Gasteiger partial charge in [0.25, 0.3) is 0 Å². The van der Waals surface area contributed by atoms with Gasteiger partial charge in [0.05, 0.1) is 22.9 Å². The number of hydrogen-bond acceptors (Lipinski definition) is 6. The van der Waals surface area contributed by atoms with E-state index in [-0.39, 0.29) is 0 Å². The van der Waals surface area contributed by atoms with E-state index in [1.165, 1.54) is 20.2 Å². The average Bonchev–Trinajstić information content (AvgIpc) is 4.00. The Morgan fingerprint density at radius 1 is 0.519 bits per heavy atom. The molecule has 0 N–H and O–H groups in total. The zero-order valence-corrected chi connectivity index (χ0v) is 29.0. The molecule has 0 aliphatic rings. The summed E-state index contributed by atoms with van der Waals surface area (Å²) in [6.07, 6.45) is 5.51. The Hall–Kier alpha value is -6.48. The van der Waals surface area contributed by atoms with Crippen LogP contribution in [0.1, 0.15) is 11.1 Å². The lowest BCUT2D eigenvalue weighted by Crippen LogP contribution is -2.25. The molecule has 0 bridgehead atoms. The predicted molar refractivity (Wildman–Crippen MR) is 215 cm³/mol. The van der Waals surface area contributed by atoms with Crippen molar-refractivity contribution in [1.29, 1.82) is 0 Å². The average molecular weight is 701 g/mol. The van der Waals surface area contributed by atoms with Crippen LogP contribution in [-0.2, 0) is 0 Å². The van der Waals surface area contributed by atoms with Crippen LogP contribution in [0.5, 0.6) is 0 Å². The summed E-state index contributed by atoms with van der Waals surface area (Å²) in [5.74, 6) is 0.